The Morgan fingerprint density at radius 2 is 1.74 bits per heavy atom. The summed E-state index contributed by atoms with van der Waals surface area (Å²) in [5.74, 6) is 0.925. The minimum Gasteiger partial charge on any atom is -0.385 e. The monoisotopic (exact) mass is 267 g/mol. The molecule has 1 N–H and O–H groups in total. The van der Waals surface area contributed by atoms with E-state index in [0.29, 0.717) is 10.8 Å². The van der Waals surface area contributed by atoms with E-state index >= 15 is 0 Å². The predicted molar refractivity (Wildman–Crippen MR) is 81.4 cm³/mol. The molecule has 0 heterocycles. The molecule has 0 amide bonds. The van der Waals surface area contributed by atoms with E-state index in [9.17, 15) is 0 Å². The fourth-order valence-electron chi connectivity index (χ4n) is 3.53. The average Bonchev–Trinajstić information content (AvgIpc) is 3.14. The van der Waals surface area contributed by atoms with Gasteiger partial charge in [-0.05, 0) is 61.7 Å². The normalized spacial score (nSPS) is 30.3. The molecule has 112 valence electrons. The van der Waals surface area contributed by atoms with E-state index in [1.165, 1.54) is 51.5 Å². The Labute approximate surface area is 119 Å². The molecule has 2 saturated carbocycles. The largest absolute Gasteiger partial charge is 0.385 e. The van der Waals surface area contributed by atoms with Crippen LogP contribution in [0.2, 0.25) is 0 Å². The third-order valence-corrected chi connectivity index (χ3v) is 5.51. The molecular formula is C17H33NO. The molecule has 0 aromatic rings. The van der Waals surface area contributed by atoms with Gasteiger partial charge in [0.15, 0.2) is 0 Å². The predicted octanol–water partition coefficient (Wildman–Crippen LogP) is 4.00. The smallest absolute Gasteiger partial charge is 0.0468 e. The number of nitrogens with one attached hydrogen (secondary N) is 1. The lowest BCUT2D eigenvalue weighted by Gasteiger charge is -2.37. The fraction of sp³-hybridized carbons (Fsp3) is 1.00. The van der Waals surface area contributed by atoms with E-state index < -0.39 is 0 Å². The van der Waals surface area contributed by atoms with Crippen molar-refractivity contribution in [3.05, 3.63) is 0 Å². The number of ether oxygens (including phenoxy) is 1. The van der Waals surface area contributed by atoms with Crippen LogP contribution in [0, 0.1) is 16.7 Å². The van der Waals surface area contributed by atoms with Crippen LogP contribution < -0.4 is 5.32 Å². The first-order chi connectivity index (χ1) is 8.95. The lowest BCUT2D eigenvalue weighted by atomic mass is 9.71. The Balaban J connectivity index is 1.66. The van der Waals surface area contributed by atoms with E-state index in [1.807, 2.05) is 7.11 Å². The molecule has 0 aromatic heterocycles. The first kappa shape index (κ1) is 15.3. The summed E-state index contributed by atoms with van der Waals surface area (Å²) >= 11 is 0. The summed E-state index contributed by atoms with van der Waals surface area (Å²) < 4.78 is 5.23. The molecule has 0 unspecified atom stereocenters. The van der Waals surface area contributed by atoms with Gasteiger partial charge in [0.2, 0.25) is 0 Å². The van der Waals surface area contributed by atoms with Gasteiger partial charge in [-0.25, -0.2) is 0 Å². The van der Waals surface area contributed by atoms with Crippen LogP contribution in [0.5, 0.6) is 0 Å². The SMILES string of the molecule is COCCC1(CNC2CCC(C(C)(C)C)CC2)CC1. The van der Waals surface area contributed by atoms with Crippen molar-refractivity contribution in [3.63, 3.8) is 0 Å². The summed E-state index contributed by atoms with van der Waals surface area (Å²) in [6.45, 7) is 9.35. The van der Waals surface area contributed by atoms with Gasteiger partial charge in [-0.2, -0.15) is 0 Å². The highest BCUT2D eigenvalue weighted by Crippen LogP contribution is 2.48. The molecule has 0 bridgehead atoms. The maximum Gasteiger partial charge on any atom is 0.0468 e. The van der Waals surface area contributed by atoms with Gasteiger partial charge in [-0.3, -0.25) is 0 Å². The van der Waals surface area contributed by atoms with Crippen LogP contribution in [-0.2, 0) is 4.74 Å². The van der Waals surface area contributed by atoms with Crippen molar-refractivity contribution in [2.75, 3.05) is 20.3 Å². The molecule has 2 heteroatoms. The van der Waals surface area contributed by atoms with Crippen molar-refractivity contribution < 1.29 is 4.74 Å². The summed E-state index contributed by atoms with van der Waals surface area (Å²) in [4.78, 5) is 0. The second-order valence-electron chi connectivity index (χ2n) is 8.04. The minimum absolute atomic E-state index is 0.501. The second kappa shape index (κ2) is 6.13. The summed E-state index contributed by atoms with van der Waals surface area (Å²) in [6.07, 6.45) is 9.62. The molecule has 2 aliphatic rings. The molecule has 2 aliphatic carbocycles. The molecule has 2 fully saturated rings. The number of methoxy groups -OCH3 is 1. The maximum atomic E-state index is 5.23. The molecule has 0 radical (unpaired) electrons. The quantitative estimate of drug-likeness (QED) is 0.785. The van der Waals surface area contributed by atoms with Crippen molar-refractivity contribution in [2.24, 2.45) is 16.7 Å². The molecule has 0 aliphatic heterocycles. The summed E-state index contributed by atoms with van der Waals surface area (Å²) in [7, 11) is 1.82. The van der Waals surface area contributed by atoms with Crippen LogP contribution in [0.3, 0.4) is 0 Å². The van der Waals surface area contributed by atoms with Gasteiger partial charge in [-0.15, -0.1) is 0 Å². The first-order valence-corrected chi connectivity index (χ1v) is 8.18. The minimum atomic E-state index is 0.501. The fourth-order valence-corrected chi connectivity index (χ4v) is 3.53. The van der Waals surface area contributed by atoms with E-state index in [1.54, 1.807) is 0 Å². The van der Waals surface area contributed by atoms with Crippen LogP contribution in [0.25, 0.3) is 0 Å². The third kappa shape index (κ3) is 4.46. The zero-order valence-electron chi connectivity index (χ0n) is 13.4. The topological polar surface area (TPSA) is 21.3 Å². The Kier molecular flexibility index (Phi) is 4.94. The Morgan fingerprint density at radius 1 is 1.11 bits per heavy atom. The van der Waals surface area contributed by atoms with Gasteiger partial charge in [-0.1, -0.05) is 20.8 Å². The molecule has 0 aromatic carbocycles. The van der Waals surface area contributed by atoms with Gasteiger partial charge in [0, 0.05) is 26.3 Å². The molecule has 0 atom stereocenters. The van der Waals surface area contributed by atoms with E-state index in [2.05, 4.69) is 26.1 Å². The maximum absolute atomic E-state index is 5.23. The van der Waals surface area contributed by atoms with Gasteiger partial charge < -0.3 is 10.1 Å². The summed E-state index contributed by atoms with van der Waals surface area (Å²) in [5, 5.41) is 3.85. The van der Waals surface area contributed by atoms with Crippen molar-refractivity contribution in [1.29, 1.82) is 0 Å². The van der Waals surface area contributed by atoms with Crippen LogP contribution in [0.1, 0.15) is 65.7 Å². The Hall–Kier alpha value is -0.0800. The van der Waals surface area contributed by atoms with Crippen molar-refractivity contribution in [3.8, 4) is 0 Å². The zero-order valence-corrected chi connectivity index (χ0v) is 13.4. The van der Waals surface area contributed by atoms with Crippen molar-refractivity contribution >= 4 is 0 Å². The van der Waals surface area contributed by atoms with Crippen LogP contribution in [0.15, 0.2) is 0 Å². The Morgan fingerprint density at radius 3 is 2.21 bits per heavy atom. The molecule has 2 nitrogen and oxygen atoms in total. The Bertz CT molecular complexity index is 269. The summed E-state index contributed by atoms with van der Waals surface area (Å²) in [6, 6.07) is 0.776. The van der Waals surface area contributed by atoms with E-state index in [0.717, 1.165) is 18.6 Å². The highest BCUT2D eigenvalue weighted by atomic mass is 16.5. The highest BCUT2D eigenvalue weighted by Gasteiger charge is 2.42. The number of hydrogen-bond acceptors (Lipinski definition) is 2. The van der Waals surface area contributed by atoms with Gasteiger partial charge in [0.05, 0.1) is 0 Å². The third-order valence-electron chi connectivity index (χ3n) is 5.51. The molecule has 2 rings (SSSR count). The first-order valence-electron chi connectivity index (χ1n) is 8.18. The van der Waals surface area contributed by atoms with Gasteiger partial charge in [0.1, 0.15) is 0 Å². The summed E-state index contributed by atoms with van der Waals surface area (Å²) in [5.41, 5.74) is 1.10. The van der Waals surface area contributed by atoms with Crippen LogP contribution in [0.4, 0.5) is 0 Å². The lowest BCUT2D eigenvalue weighted by molar-refractivity contribution is 0.150. The molecule has 19 heavy (non-hydrogen) atoms. The number of hydrogen-bond donors (Lipinski definition) is 1. The van der Waals surface area contributed by atoms with E-state index in [4.69, 9.17) is 4.74 Å². The average molecular weight is 267 g/mol. The van der Waals surface area contributed by atoms with E-state index in [-0.39, 0.29) is 0 Å². The zero-order chi connectivity index (χ0) is 13.9. The second-order valence-corrected chi connectivity index (χ2v) is 8.04. The van der Waals surface area contributed by atoms with Gasteiger partial charge in [0.25, 0.3) is 0 Å². The van der Waals surface area contributed by atoms with Crippen LogP contribution in [-0.4, -0.2) is 26.3 Å². The van der Waals surface area contributed by atoms with Crippen molar-refractivity contribution in [2.45, 2.75) is 71.8 Å². The molecule has 0 saturated heterocycles. The van der Waals surface area contributed by atoms with Crippen LogP contribution >= 0.6 is 0 Å². The highest BCUT2D eigenvalue weighted by molar-refractivity contribution is 4.96. The van der Waals surface area contributed by atoms with Gasteiger partial charge >= 0.3 is 0 Å². The number of rotatable bonds is 6. The molecular weight excluding hydrogens is 234 g/mol. The standard InChI is InChI=1S/C17H33NO/c1-16(2,3)14-5-7-15(8-6-14)18-13-17(9-10-17)11-12-19-4/h14-15,18H,5-13H2,1-4H3. The van der Waals surface area contributed by atoms with Crippen molar-refractivity contribution in [1.82, 2.24) is 5.32 Å². The molecule has 0 spiro atoms. The lowest BCUT2D eigenvalue weighted by Crippen LogP contribution is -2.39.